The van der Waals surface area contributed by atoms with Crippen molar-refractivity contribution in [3.05, 3.63) is 56.5 Å². The second kappa shape index (κ2) is 9.25. The van der Waals surface area contributed by atoms with E-state index in [0.29, 0.717) is 26.4 Å². The summed E-state index contributed by atoms with van der Waals surface area (Å²) < 4.78 is 38.4. The molecule has 9 heteroatoms. The highest BCUT2D eigenvalue weighted by atomic mass is 79.9. The first-order valence-corrected chi connectivity index (χ1v) is 15.4. The first kappa shape index (κ1) is 25.9. The van der Waals surface area contributed by atoms with Crippen molar-refractivity contribution in [2.75, 3.05) is 7.11 Å². The molecule has 0 fully saturated rings. The molecule has 0 heterocycles. The Balaban J connectivity index is 2.56. The van der Waals surface area contributed by atoms with Crippen LogP contribution in [0.2, 0.25) is 23.2 Å². The number of carbonyl (C=O) groups excluding carboxylic acids is 1. The quantitative estimate of drug-likeness (QED) is 0.303. The Morgan fingerprint density at radius 1 is 1.19 bits per heavy atom. The van der Waals surface area contributed by atoms with Crippen molar-refractivity contribution in [1.82, 2.24) is 0 Å². The Kier molecular flexibility index (Phi) is 7.73. The number of rotatable bonds is 6. The lowest BCUT2D eigenvalue weighted by molar-refractivity contribution is 0.0600. The van der Waals surface area contributed by atoms with Crippen LogP contribution < -0.4 is 4.43 Å². The fourth-order valence-electron chi connectivity index (χ4n) is 2.67. The van der Waals surface area contributed by atoms with Crippen LogP contribution in [0.15, 0.2) is 39.7 Å². The van der Waals surface area contributed by atoms with Crippen LogP contribution in [0.1, 0.15) is 42.3 Å². The standard InChI is InChI=1S/C22H28BrClO5SSi/c1-14-11-16(21(25)28-5)12-18(19(14)23)30(26,27)13-15-9-8-10-17(24)20(15)29-31(6,7)22(2,3)4/h8-12H,13H2,1-7H3. The highest BCUT2D eigenvalue weighted by Crippen LogP contribution is 2.41. The molecule has 0 saturated heterocycles. The zero-order valence-electron chi connectivity index (χ0n) is 18.8. The fourth-order valence-corrected chi connectivity index (χ4v) is 6.53. The van der Waals surface area contributed by atoms with E-state index in [1.54, 1.807) is 31.2 Å². The summed E-state index contributed by atoms with van der Waals surface area (Å²) in [6.45, 7) is 12.2. The summed E-state index contributed by atoms with van der Waals surface area (Å²) in [7, 11) is -4.85. The third-order valence-corrected chi connectivity index (χ3v) is 13.2. The Labute approximate surface area is 199 Å². The Hall–Kier alpha value is -1.35. The van der Waals surface area contributed by atoms with Gasteiger partial charge >= 0.3 is 5.97 Å². The SMILES string of the molecule is COC(=O)c1cc(C)c(Br)c(S(=O)(=O)Cc2cccc(Cl)c2O[Si](C)(C)C(C)(C)C)c1. The molecule has 0 aromatic heterocycles. The number of benzene rings is 2. The Morgan fingerprint density at radius 2 is 1.81 bits per heavy atom. The molecule has 0 spiro atoms. The van der Waals surface area contributed by atoms with Gasteiger partial charge in [0.05, 0.1) is 28.3 Å². The third kappa shape index (κ3) is 5.72. The normalized spacial score (nSPS) is 12.5. The van der Waals surface area contributed by atoms with Gasteiger partial charge in [-0.2, -0.15) is 0 Å². The van der Waals surface area contributed by atoms with Gasteiger partial charge < -0.3 is 9.16 Å². The molecule has 5 nitrogen and oxygen atoms in total. The fraction of sp³-hybridized carbons (Fsp3) is 0.409. The minimum absolute atomic E-state index is 0.0196. The van der Waals surface area contributed by atoms with E-state index < -0.39 is 24.1 Å². The molecule has 0 radical (unpaired) electrons. The summed E-state index contributed by atoms with van der Waals surface area (Å²) in [5, 5.41) is 0.285. The van der Waals surface area contributed by atoms with Crippen molar-refractivity contribution < 1.29 is 22.4 Å². The summed E-state index contributed by atoms with van der Waals surface area (Å²) in [4.78, 5) is 12.0. The van der Waals surface area contributed by atoms with E-state index in [1.807, 2.05) is 0 Å². The largest absolute Gasteiger partial charge is 0.542 e. The van der Waals surface area contributed by atoms with Gasteiger partial charge in [0.1, 0.15) is 5.75 Å². The van der Waals surface area contributed by atoms with Gasteiger partial charge in [0, 0.05) is 10.0 Å². The molecule has 0 aliphatic carbocycles. The van der Waals surface area contributed by atoms with Crippen LogP contribution >= 0.6 is 27.5 Å². The van der Waals surface area contributed by atoms with Crippen molar-refractivity contribution >= 4 is 51.7 Å². The lowest BCUT2D eigenvalue weighted by atomic mass is 10.1. The zero-order valence-corrected chi connectivity index (χ0v) is 23.0. The molecule has 2 rings (SSSR count). The zero-order chi connectivity index (χ0) is 23.8. The molecule has 2 aromatic carbocycles. The maximum Gasteiger partial charge on any atom is 0.337 e. The van der Waals surface area contributed by atoms with E-state index in [2.05, 4.69) is 49.8 Å². The molecule has 170 valence electrons. The van der Waals surface area contributed by atoms with Gasteiger partial charge in [0.25, 0.3) is 8.32 Å². The molecule has 0 bridgehead atoms. The lowest BCUT2D eigenvalue weighted by Crippen LogP contribution is -2.44. The van der Waals surface area contributed by atoms with Gasteiger partial charge in [-0.1, -0.05) is 44.5 Å². The monoisotopic (exact) mass is 546 g/mol. The number of esters is 1. The molecule has 2 aromatic rings. The smallest absolute Gasteiger partial charge is 0.337 e. The van der Waals surface area contributed by atoms with Crippen molar-refractivity contribution in [3.63, 3.8) is 0 Å². The predicted octanol–water partition coefficient (Wildman–Crippen LogP) is 6.56. The van der Waals surface area contributed by atoms with Gasteiger partial charge in [0.15, 0.2) is 9.84 Å². The van der Waals surface area contributed by atoms with E-state index >= 15 is 0 Å². The average molecular weight is 548 g/mol. The lowest BCUT2D eigenvalue weighted by Gasteiger charge is -2.37. The van der Waals surface area contributed by atoms with Crippen LogP contribution in [0, 0.1) is 6.92 Å². The summed E-state index contributed by atoms with van der Waals surface area (Å²) in [6.07, 6.45) is 0. The van der Waals surface area contributed by atoms with Crippen LogP contribution in [-0.2, 0) is 20.3 Å². The minimum atomic E-state index is -3.84. The van der Waals surface area contributed by atoms with Gasteiger partial charge in [-0.3, -0.25) is 0 Å². The molecule has 0 saturated carbocycles. The molecule has 0 aliphatic heterocycles. The van der Waals surface area contributed by atoms with E-state index in [4.69, 9.17) is 20.8 Å². The maximum atomic E-state index is 13.4. The van der Waals surface area contributed by atoms with Gasteiger partial charge in [-0.15, -0.1) is 0 Å². The Morgan fingerprint density at radius 3 is 2.35 bits per heavy atom. The number of para-hydroxylation sites is 1. The third-order valence-electron chi connectivity index (χ3n) is 5.53. The number of halogens is 2. The predicted molar refractivity (Wildman–Crippen MR) is 130 cm³/mol. The van der Waals surface area contributed by atoms with Crippen molar-refractivity contribution in [3.8, 4) is 5.75 Å². The van der Waals surface area contributed by atoms with E-state index in [0.717, 1.165) is 0 Å². The number of ether oxygens (including phenoxy) is 1. The summed E-state index contributed by atoms with van der Waals surface area (Å²) in [5.74, 6) is -0.520. The molecule has 0 unspecified atom stereocenters. The molecule has 31 heavy (non-hydrogen) atoms. The number of sulfone groups is 1. The highest BCUT2D eigenvalue weighted by Gasteiger charge is 2.40. The van der Waals surface area contributed by atoms with Crippen LogP contribution in [0.5, 0.6) is 5.75 Å². The van der Waals surface area contributed by atoms with Crippen molar-refractivity contribution in [2.24, 2.45) is 0 Å². The summed E-state index contributed by atoms with van der Waals surface area (Å²) >= 11 is 9.80. The van der Waals surface area contributed by atoms with Gasteiger partial charge in [-0.05, 0) is 64.7 Å². The van der Waals surface area contributed by atoms with E-state index in [9.17, 15) is 13.2 Å². The van der Waals surface area contributed by atoms with Crippen LogP contribution in [0.25, 0.3) is 0 Å². The summed E-state index contributed by atoms with van der Waals surface area (Å²) in [6, 6.07) is 8.02. The maximum absolute atomic E-state index is 13.4. The van der Waals surface area contributed by atoms with Crippen LogP contribution in [0.3, 0.4) is 0 Å². The number of hydrogen-bond acceptors (Lipinski definition) is 5. The average Bonchev–Trinajstić information content (AvgIpc) is 2.64. The molecule has 0 amide bonds. The second-order valence-corrected chi connectivity index (χ2v) is 16.8. The highest BCUT2D eigenvalue weighted by molar-refractivity contribution is 9.10. The van der Waals surface area contributed by atoms with E-state index in [1.165, 1.54) is 13.2 Å². The first-order valence-electron chi connectivity index (χ1n) is 9.68. The number of hydrogen-bond donors (Lipinski definition) is 0. The van der Waals surface area contributed by atoms with Gasteiger partial charge in [0.2, 0.25) is 0 Å². The molecule has 0 atom stereocenters. The first-order chi connectivity index (χ1) is 14.1. The number of methoxy groups -OCH3 is 1. The minimum Gasteiger partial charge on any atom is -0.542 e. The Bertz CT molecular complexity index is 1110. The van der Waals surface area contributed by atoms with Gasteiger partial charge in [-0.25, -0.2) is 13.2 Å². The summed E-state index contributed by atoms with van der Waals surface area (Å²) in [5.41, 5.74) is 1.27. The number of carbonyl (C=O) groups is 1. The molecular formula is C22H28BrClO5SSi. The van der Waals surface area contributed by atoms with Crippen LogP contribution in [0.4, 0.5) is 0 Å². The molecule has 0 aliphatic rings. The van der Waals surface area contributed by atoms with E-state index in [-0.39, 0.29) is 21.3 Å². The number of aryl methyl sites for hydroxylation is 1. The van der Waals surface area contributed by atoms with Crippen LogP contribution in [-0.4, -0.2) is 29.8 Å². The second-order valence-electron chi connectivity index (χ2n) is 8.95. The van der Waals surface area contributed by atoms with Crippen molar-refractivity contribution in [2.45, 2.75) is 56.5 Å². The molecular weight excluding hydrogens is 520 g/mol. The van der Waals surface area contributed by atoms with Crippen molar-refractivity contribution in [1.29, 1.82) is 0 Å². The molecule has 0 N–H and O–H groups in total. The topological polar surface area (TPSA) is 69.7 Å².